The van der Waals surface area contributed by atoms with Crippen molar-refractivity contribution in [3.63, 3.8) is 0 Å². The predicted octanol–water partition coefficient (Wildman–Crippen LogP) is 5.86. The number of anilines is 2. The zero-order valence-electron chi connectivity index (χ0n) is 15.2. The number of fused-ring (bicyclic) bond motifs is 1. The van der Waals surface area contributed by atoms with Crippen LogP contribution in [0.5, 0.6) is 0 Å². The summed E-state index contributed by atoms with van der Waals surface area (Å²) in [4.78, 5) is 2.32. The molecule has 0 unspecified atom stereocenters. The summed E-state index contributed by atoms with van der Waals surface area (Å²) in [6.45, 7) is 12.9. The molecule has 0 radical (unpaired) electrons. The first-order valence-corrected chi connectivity index (χ1v) is 9.23. The van der Waals surface area contributed by atoms with E-state index >= 15 is 0 Å². The molecule has 0 spiro atoms. The van der Waals surface area contributed by atoms with Gasteiger partial charge in [0, 0.05) is 10.6 Å². The Balaban J connectivity index is 1.65. The second kappa shape index (κ2) is 6.89. The van der Waals surface area contributed by atoms with E-state index in [-0.39, 0.29) is 5.41 Å². The molecule has 25 heavy (non-hydrogen) atoms. The first kappa shape index (κ1) is 17.5. The normalized spacial score (nSPS) is 13.8. The number of hydrogen-bond acceptors (Lipinski definition) is 4. The summed E-state index contributed by atoms with van der Waals surface area (Å²) in [5.41, 5.74) is 12.1. The van der Waals surface area contributed by atoms with Gasteiger partial charge in [-0.2, -0.15) is 0 Å². The predicted molar refractivity (Wildman–Crippen MR) is 110 cm³/mol. The Morgan fingerprint density at radius 3 is 2.40 bits per heavy atom. The van der Waals surface area contributed by atoms with Crippen LogP contribution in [0.2, 0.25) is 0 Å². The fraction of sp³-hybridized carbons (Fsp3) is 0.238. The van der Waals surface area contributed by atoms with E-state index in [1.807, 2.05) is 6.07 Å². The van der Waals surface area contributed by atoms with Gasteiger partial charge in [0.2, 0.25) is 0 Å². The second-order valence-electron chi connectivity index (χ2n) is 7.23. The van der Waals surface area contributed by atoms with E-state index in [4.69, 9.17) is 0 Å². The molecule has 0 saturated carbocycles. The molecule has 0 aromatic heterocycles. The minimum absolute atomic E-state index is 0.162. The van der Waals surface area contributed by atoms with Crippen LogP contribution < -0.4 is 16.2 Å². The van der Waals surface area contributed by atoms with Gasteiger partial charge in [0.25, 0.3) is 0 Å². The van der Waals surface area contributed by atoms with Crippen LogP contribution in [-0.2, 0) is 5.41 Å². The maximum absolute atomic E-state index is 4.18. The summed E-state index contributed by atoms with van der Waals surface area (Å²) in [6, 6.07) is 16.8. The van der Waals surface area contributed by atoms with Crippen LogP contribution >= 0.6 is 11.8 Å². The van der Waals surface area contributed by atoms with E-state index < -0.39 is 0 Å². The van der Waals surface area contributed by atoms with E-state index in [0.29, 0.717) is 0 Å². The highest BCUT2D eigenvalue weighted by atomic mass is 32.2. The van der Waals surface area contributed by atoms with E-state index in [1.54, 1.807) is 11.8 Å². The molecule has 0 saturated heterocycles. The van der Waals surface area contributed by atoms with Crippen molar-refractivity contribution < 1.29 is 0 Å². The molecule has 0 atom stereocenters. The molecular weight excluding hydrogens is 326 g/mol. The lowest BCUT2D eigenvalue weighted by atomic mass is 9.87. The van der Waals surface area contributed by atoms with Crippen LogP contribution in [0.1, 0.15) is 33.3 Å². The number of allylic oxidation sites excluding steroid dienone is 1. The van der Waals surface area contributed by atoms with Crippen molar-refractivity contribution >= 4 is 23.1 Å². The highest BCUT2D eigenvalue weighted by Gasteiger charge is 2.18. The highest BCUT2D eigenvalue weighted by molar-refractivity contribution is 8.03. The summed E-state index contributed by atoms with van der Waals surface area (Å²) in [7, 11) is 0. The van der Waals surface area contributed by atoms with E-state index in [1.165, 1.54) is 10.5 Å². The number of hydrazine groups is 1. The van der Waals surface area contributed by atoms with Crippen molar-refractivity contribution in [3.05, 3.63) is 77.0 Å². The van der Waals surface area contributed by atoms with Gasteiger partial charge in [0.1, 0.15) is 0 Å². The Morgan fingerprint density at radius 2 is 1.72 bits per heavy atom. The van der Waals surface area contributed by atoms with Gasteiger partial charge in [0.05, 0.1) is 22.0 Å². The van der Waals surface area contributed by atoms with Crippen LogP contribution in [0.25, 0.3) is 0 Å². The Morgan fingerprint density at radius 1 is 1.04 bits per heavy atom. The van der Waals surface area contributed by atoms with E-state index in [2.05, 4.69) is 92.9 Å². The van der Waals surface area contributed by atoms with E-state index in [0.717, 1.165) is 27.7 Å². The molecule has 4 heteroatoms. The number of benzene rings is 2. The molecule has 1 heterocycles. The molecular formula is C21H25N3S. The maximum atomic E-state index is 4.18. The molecule has 0 aliphatic carbocycles. The Labute approximate surface area is 154 Å². The quantitative estimate of drug-likeness (QED) is 0.603. The minimum Gasteiger partial charge on any atom is -0.357 e. The average Bonchev–Trinajstić information content (AvgIpc) is 2.58. The smallest absolute Gasteiger partial charge is 0.0625 e. The van der Waals surface area contributed by atoms with Crippen molar-refractivity contribution in [2.75, 3.05) is 10.7 Å². The van der Waals surface area contributed by atoms with Gasteiger partial charge < -0.3 is 16.2 Å². The van der Waals surface area contributed by atoms with Crippen molar-refractivity contribution in [1.82, 2.24) is 5.43 Å². The molecule has 2 aromatic rings. The first-order valence-electron chi connectivity index (χ1n) is 8.41. The Kier molecular flexibility index (Phi) is 4.82. The number of nitrogens with one attached hydrogen (secondary N) is 3. The first-order chi connectivity index (χ1) is 11.8. The zero-order valence-corrected chi connectivity index (χ0v) is 16.1. The third-order valence-corrected chi connectivity index (χ3v) is 5.48. The molecule has 130 valence electrons. The molecule has 0 bridgehead atoms. The van der Waals surface area contributed by atoms with Gasteiger partial charge in [-0.15, -0.1) is 0 Å². The van der Waals surface area contributed by atoms with Crippen molar-refractivity contribution in [3.8, 4) is 0 Å². The molecule has 1 aliphatic heterocycles. The van der Waals surface area contributed by atoms with Crippen molar-refractivity contribution in [1.29, 1.82) is 0 Å². The summed E-state index contributed by atoms with van der Waals surface area (Å²) in [5, 5.41) is 3.44. The molecule has 0 amide bonds. The second-order valence-corrected chi connectivity index (χ2v) is 8.29. The highest BCUT2D eigenvalue weighted by Crippen LogP contribution is 2.41. The monoisotopic (exact) mass is 351 g/mol. The molecule has 3 nitrogen and oxygen atoms in total. The lowest BCUT2D eigenvalue weighted by Crippen LogP contribution is -2.23. The fourth-order valence-electron chi connectivity index (χ4n) is 2.65. The third-order valence-electron chi connectivity index (χ3n) is 4.14. The Bertz CT molecular complexity index is 814. The molecule has 3 rings (SSSR count). The zero-order chi connectivity index (χ0) is 18.0. The SMILES string of the molecule is C=C(NNc1ccc(C(C)(C)C)cc1)C1=C(C)Nc2ccccc2S1. The third kappa shape index (κ3) is 4.02. The lowest BCUT2D eigenvalue weighted by molar-refractivity contribution is 0.590. The van der Waals surface area contributed by atoms with Crippen molar-refractivity contribution in [2.24, 2.45) is 0 Å². The topological polar surface area (TPSA) is 36.1 Å². The summed E-state index contributed by atoms with van der Waals surface area (Å²) < 4.78 is 0. The van der Waals surface area contributed by atoms with Gasteiger partial charge in [-0.3, -0.25) is 0 Å². The minimum atomic E-state index is 0.162. The summed E-state index contributed by atoms with van der Waals surface area (Å²) in [5.74, 6) is 0. The van der Waals surface area contributed by atoms with E-state index in [9.17, 15) is 0 Å². The number of rotatable bonds is 4. The van der Waals surface area contributed by atoms with Crippen LogP contribution in [0.15, 0.2) is 76.3 Å². The maximum Gasteiger partial charge on any atom is 0.0625 e. The van der Waals surface area contributed by atoms with Crippen LogP contribution in [0, 0.1) is 0 Å². The summed E-state index contributed by atoms with van der Waals surface area (Å²) >= 11 is 1.73. The van der Waals surface area contributed by atoms with Gasteiger partial charge >= 0.3 is 0 Å². The number of thioether (sulfide) groups is 1. The van der Waals surface area contributed by atoms with Crippen LogP contribution in [-0.4, -0.2) is 0 Å². The molecule has 0 fully saturated rings. The molecule has 2 aromatic carbocycles. The largest absolute Gasteiger partial charge is 0.357 e. The average molecular weight is 352 g/mol. The van der Waals surface area contributed by atoms with Crippen LogP contribution in [0.3, 0.4) is 0 Å². The summed E-state index contributed by atoms with van der Waals surface area (Å²) in [6.07, 6.45) is 0. The van der Waals surface area contributed by atoms with Gasteiger partial charge in [0.15, 0.2) is 0 Å². The fourth-order valence-corrected chi connectivity index (χ4v) is 3.62. The molecule has 3 N–H and O–H groups in total. The number of para-hydroxylation sites is 1. The lowest BCUT2D eigenvalue weighted by Gasteiger charge is -2.24. The molecule has 1 aliphatic rings. The van der Waals surface area contributed by atoms with Crippen LogP contribution in [0.4, 0.5) is 11.4 Å². The van der Waals surface area contributed by atoms with Crippen molar-refractivity contribution in [2.45, 2.75) is 38.0 Å². The van der Waals surface area contributed by atoms with Gasteiger partial charge in [-0.1, -0.05) is 63.4 Å². The van der Waals surface area contributed by atoms with Gasteiger partial charge in [-0.25, -0.2) is 0 Å². The van der Waals surface area contributed by atoms with Gasteiger partial charge in [-0.05, 0) is 42.2 Å². The standard InChI is InChI=1S/C21H25N3S/c1-14-20(25-19-9-7-6-8-18(19)22-14)15(2)23-24-17-12-10-16(11-13-17)21(3,4)5/h6-13,22-24H,2H2,1,3-5H3. The Hall–Kier alpha value is -2.33. The number of hydrogen-bond donors (Lipinski definition) is 3.